The van der Waals surface area contributed by atoms with Crippen LogP contribution >= 0.6 is 0 Å². The Morgan fingerprint density at radius 1 is 1.22 bits per heavy atom. The van der Waals surface area contributed by atoms with Crippen LogP contribution in [-0.2, 0) is 9.59 Å². The third-order valence-electron chi connectivity index (χ3n) is 4.12. The Morgan fingerprint density at radius 2 is 1.91 bits per heavy atom. The van der Waals surface area contributed by atoms with Crippen LogP contribution in [0.25, 0.3) is 0 Å². The highest BCUT2D eigenvalue weighted by Crippen LogP contribution is 2.33. The summed E-state index contributed by atoms with van der Waals surface area (Å²) in [6.45, 7) is 7.43. The van der Waals surface area contributed by atoms with Gasteiger partial charge in [-0.1, -0.05) is 0 Å². The van der Waals surface area contributed by atoms with Gasteiger partial charge in [0.1, 0.15) is 13.2 Å². The summed E-state index contributed by atoms with van der Waals surface area (Å²) in [6, 6.07) is 5.32. The first kappa shape index (κ1) is 15.6. The highest BCUT2D eigenvalue weighted by atomic mass is 16.6. The van der Waals surface area contributed by atoms with Gasteiger partial charge in [-0.05, 0) is 32.9 Å². The largest absolute Gasteiger partial charge is 0.486 e. The van der Waals surface area contributed by atoms with Gasteiger partial charge in [0, 0.05) is 30.3 Å². The van der Waals surface area contributed by atoms with Crippen LogP contribution in [0.4, 0.5) is 5.69 Å². The number of benzene rings is 1. The lowest BCUT2D eigenvalue weighted by atomic mass is 10.1. The fraction of sp³-hybridized carbons (Fsp3) is 0.529. The molecule has 6 nitrogen and oxygen atoms in total. The number of carbonyl (C=O) groups is 2. The maximum atomic E-state index is 12.4. The van der Waals surface area contributed by atoms with Gasteiger partial charge in [0.25, 0.3) is 0 Å². The molecular formula is C17H22N2O4. The van der Waals surface area contributed by atoms with E-state index < -0.39 is 0 Å². The first-order valence-electron chi connectivity index (χ1n) is 7.85. The Balaban J connectivity index is 1.67. The minimum absolute atomic E-state index is 0.0276. The van der Waals surface area contributed by atoms with E-state index in [1.165, 1.54) is 0 Å². The number of likely N-dealkylation sites (tertiary alicyclic amines) is 1. The van der Waals surface area contributed by atoms with Gasteiger partial charge in [0.2, 0.25) is 11.8 Å². The number of carbonyl (C=O) groups excluding carboxylic acids is 2. The van der Waals surface area contributed by atoms with Crippen LogP contribution in [0.2, 0.25) is 0 Å². The van der Waals surface area contributed by atoms with Crippen LogP contribution in [0.5, 0.6) is 11.5 Å². The number of amides is 2. The van der Waals surface area contributed by atoms with Crippen LogP contribution in [0.15, 0.2) is 18.2 Å². The lowest BCUT2D eigenvalue weighted by Crippen LogP contribution is -2.42. The Bertz CT molecular complexity index is 636. The molecule has 1 aromatic rings. The van der Waals surface area contributed by atoms with Gasteiger partial charge in [-0.3, -0.25) is 9.59 Å². The number of fused-ring (bicyclic) bond motifs is 1. The van der Waals surface area contributed by atoms with Crippen molar-refractivity contribution < 1.29 is 19.1 Å². The molecule has 1 aromatic carbocycles. The third-order valence-corrected chi connectivity index (χ3v) is 4.12. The van der Waals surface area contributed by atoms with E-state index in [0.29, 0.717) is 36.9 Å². The van der Waals surface area contributed by atoms with Gasteiger partial charge >= 0.3 is 0 Å². The van der Waals surface area contributed by atoms with Crippen molar-refractivity contribution in [3.8, 4) is 11.5 Å². The molecule has 2 amide bonds. The molecule has 0 bridgehead atoms. The smallest absolute Gasteiger partial charge is 0.229 e. The van der Waals surface area contributed by atoms with Crippen molar-refractivity contribution in [2.24, 2.45) is 5.92 Å². The van der Waals surface area contributed by atoms with Crippen molar-refractivity contribution in [3.05, 3.63) is 18.2 Å². The SMILES string of the molecule is CC(C)(C)N1CC(C(=O)Nc2ccc3c(c2)OCCO3)CC1=O. The molecule has 1 unspecified atom stereocenters. The average Bonchev–Trinajstić information content (AvgIpc) is 2.89. The monoisotopic (exact) mass is 318 g/mol. The second-order valence-corrected chi connectivity index (χ2v) is 6.92. The van der Waals surface area contributed by atoms with Gasteiger partial charge in [0.05, 0.1) is 5.92 Å². The number of ether oxygens (including phenoxy) is 2. The lowest BCUT2D eigenvalue weighted by Gasteiger charge is -2.31. The molecule has 23 heavy (non-hydrogen) atoms. The zero-order valence-corrected chi connectivity index (χ0v) is 13.7. The first-order chi connectivity index (χ1) is 10.8. The molecule has 0 spiro atoms. The Labute approximate surface area is 135 Å². The lowest BCUT2D eigenvalue weighted by molar-refractivity contribution is -0.131. The van der Waals surface area contributed by atoms with Crippen molar-refractivity contribution in [2.75, 3.05) is 25.1 Å². The molecule has 0 saturated carbocycles. The van der Waals surface area contributed by atoms with Crippen LogP contribution in [0.1, 0.15) is 27.2 Å². The molecule has 0 aliphatic carbocycles. The van der Waals surface area contributed by atoms with Crippen molar-refractivity contribution in [3.63, 3.8) is 0 Å². The molecule has 2 aliphatic heterocycles. The molecule has 1 atom stereocenters. The second kappa shape index (κ2) is 5.76. The van der Waals surface area contributed by atoms with E-state index in [1.807, 2.05) is 20.8 Å². The van der Waals surface area contributed by atoms with Crippen LogP contribution < -0.4 is 14.8 Å². The van der Waals surface area contributed by atoms with E-state index in [1.54, 1.807) is 23.1 Å². The van der Waals surface area contributed by atoms with Crippen molar-refractivity contribution >= 4 is 17.5 Å². The number of nitrogens with zero attached hydrogens (tertiary/aromatic N) is 1. The molecule has 3 rings (SSSR count). The zero-order chi connectivity index (χ0) is 16.6. The molecule has 0 radical (unpaired) electrons. The molecule has 0 aromatic heterocycles. The summed E-state index contributed by atoms with van der Waals surface area (Å²) in [5.41, 5.74) is 0.393. The molecule has 124 valence electrons. The van der Waals surface area contributed by atoms with E-state index in [4.69, 9.17) is 9.47 Å². The van der Waals surface area contributed by atoms with E-state index in [2.05, 4.69) is 5.32 Å². The quantitative estimate of drug-likeness (QED) is 0.906. The topological polar surface area (TPSA) is 67.9 Å². The van der Waals surface area contributed by atoms with E-state index in [-0.39, 0.29) is 29.7 Å². The van der Waals surface area contributed by atoms with Gasteiger partial charge in [-0.25, -0.2) is 0 Å². The van der Waals surface area contributed by atoms with Gasteiger partial charge in [0.15, 0.2) is 11.5 Å². The van der Waals surface area contributed by atoms with Crippen molar-refractivity contribution in [2.45, 2.75) is 32.7 Å². The van der Waals surface area contributed by atoms with Gasteiger partial charge in [-0.2, -0.15) is 0 Å². The standard InChI is InChI=1S/C17H22N2O4/c1-17(2,3)19-10-11(8-15(19)20)16(21)18-12-4-5-13-14(9-12)23-7-6-22-13/h4-5,9,11H,6-8,10H2,1-3H3,(H,18,21). The fourth-order valence-electron chi connectivity index (χ4n) is 2.90. The highest BCUT2D eigenvalue weighted by molar-refractivity contribution is 5.97. The number of rotatable bonds is 2. The molecule has 2 heterocycles. The molecule has 1 fully saturated rings. The molecule has 6 heteroatoms. The van der Waals surface area contributed by atoms with Crippen molar-refractivity contribution in [1.29, 1.82) is 0 Å². The number of hydrogen-bond acceptors (Lipinski definition) is 4. The summed E-state index contributed by atoms with van der Waals surface area (Å²) in [4.78, 5) is 26.3. The number of anilines is 1. The molecule has 2 aliphatic rings. The van der Waals surface area contributed by atoms with Crippen LogP contribution in [-0.4, -0.2) is 42.0 Å². The zero-order valence-electron chi connectivity index (χ0n) is 13.7. The Kier molecular flexibility index (Phi) is 3.92. The van der Waals surface area contributed by atoms with Gasteiger partial charge in [-0.15, -0.1) is 0 Å². The molecular weight excluding hydrogens is 296 g/mol. The Morgan fingerprint density at radius 3 is 2.57 bits per heavy atom. The van der Waals surface area contributed by atoms with Crippen LogP contribution in [0.3, 0.4) is 0 Å². The normalized spacial score (nSPS) is 20.6. The number of nitrogens with one attached hydrogen (secondary N) is 1. The second-order valence-electron chi connectivity index (χ2n) is 6.92. The van der Waals surface area contributed by atoms with Crippen molar-refractivity contribution in [1.82, 2.24) is 4.90 Å². The summed E-state index contributed by atoms with van der Waals surface area (Å²) in [7, 11) is 0. The number of hydrogen-bond donors (Lipinski definition) is 1. The molecule has 1 saturated heterocycles. The predicted octanol–water partition coefficient (Wildman–Crippen LogP) is 2.04. The summed E-state index contributed by atoms with van der Waals surface area (Å²) >= 11 is 0. The maximum Gasteiger partial charge on any atom is 0.229 e. The van der Waals surface area contributed by atoms with E-state index >= 15 is 0 Å². The van der Waals surface area contributed by atoms with Gasteiger partial charge < -0.3 is 19.7 Å². The third kappa shape index (κ3) is 3.25. The minimum Gasteiger partial charge on any atom is -0.486 e. The maximum absolute atomic E-state index is 12.4. The van der Waals surface area contributed by atoms with E-state index in [0.717, 1.165) is 0 Å². The fourth-order valence-corrected chi connectivity index (χ4v) is 2.90. The van der Waals surface area contributed by atoms with Crippen LogP contribution in [0, 0.1) is 5.92 Å². The first-order valence-corrected chi connectivity index (χ1v) is 7.85. The highest BCUT2D eigenvalue weighted by Gasteiger charge is 2.39. The average molecular weight is 318 g/mol. The van der Waals surface area contributed by atoms with E-state index in [9.17, 15) is 9.59 Å². The minimum atomic E-state index is -0.324. The summed E-state index contributed by atoms with van der Waals surface area (Å²) < 4.78 is 11.0. The Hall–Kier alpha value is -2.24. The summed E-state index contributed by atoms with van der Waals surface area (Å²) in [6.07, 6.45) is 0.258. The summed E-state index contributed by atoms with van der Waals surface area (Å²) in [5.74, 6) is 0.883. The predicted molar refractivity (Wildman–Crippen MR) is 85.6 cm³/mol. The molecule has 1 N–H and O–H groups in total. The summed E-state index contributed by atoms with van der Waals surface area (Å²) in [5, 5.41) is 2.87.